The van der Waals surface area contributed by atoms with Crippen molar-refractivity contribution in [3.63, 3.8) is 0 Å². The zero-order chi connectivity index (χ0) is 37.0. The Hall–Kier alpha value is -7.63. The maximum absolute atomic E-state index is 5.11. The zero-order valence-electron chi connectivity index (χ0n) is 30.3. The minimum atomic E-state index is 0.584. The Bertz CT molecular complexity index is 3180. The molecule has 0 amide bonds. The van der Waals surface area contributed by atoms with Gasteiger partial charge in [0.15, 0.2) is 11.6 Å². The van der Waals surface area contributed by atoms with Crippen LogP contribution >= 0.6 is 0 Å². The van der Waals surface area contributed by atoms with E-state index in [0.29, 0.717) is 17.6 Å². The standard InChI is InChI=1S/C51H33N5/c1-4-15-34(16-5-1)37-21-14-22-40(31-37)55-45-25-12-10-23-41(45)43-29-27-39(33-48(43)55)38-28-30-47-44(32-38)42-24-11-13-26-46(42)56(47)51-53-49(35-17-6-2-7-18-35)52-50(54-51)36-19-8-3-9-20-36/h1-33H. The van der Waals surface area contributed by atoms with Crippen LogP contribution in [0.3, 0.4) is 0 Å². The molecular weight excluding hydrogens is 683 g/mol. The predicted octanol–water partition coefficient (Wildman–Crippen LogP) is 12.7. The molecule has 0 aliphatic carbocycles. The first-order chi connectivity index (χ1) is 27.8. The molecule has 0 unspecified atom stereocenters. The van der Waals surface area contributed by atoms with Crippen molar-refractivity contribution in [1.29, 1.82) is 0 Å². The van der Waals surface area contributed by atoms with E-state index < -0.39 is 0 Å². The SMILES string of the molecule is c1ccc(-c2cccc(-n3c4ccccc4c4ccc(-c5ccc6c(c5)c5ccccc5n6-c5nc(-c6ccccc6)nc(-c6ccccc6)n5)cc43)c2)cc1. The minimum absolute atomic E-state index is 0.584. The summed E-state index contributed by atoms with van der Waals surface area (Å²) >= 11 is 0. The van der Waals surface area contributed by atoms with Crippen LogP contribution in [0.4, 0.5) is 0 Å². The smallest absolute Gasteiger partial charge is 0.238 e. The molecule has 3 heterocycles. The molecule has 56 heavy (non-hydrogen) atoms. The van der Waals surface area contributed by atoms with Gasteiger partial charge in [-0.25, -0.2) is 4.98 Å². The second-order valence-electron chi connectivity index (χ2n) is 14.1. The van der Waals surface area contributed by atoms with Gasteiger partial charge >= 0.3 is 0 Å². The summed E-state index contributed by atoms with van der Waals surface area (Å²) in [5.74, 6) is 1.85. The Balaban J connectivity index is 1.09. The molecule has 11 rings (SSSR count). The molecule has 5 heteroatoms. The molecular formula is C51H33N5. The van der Waals surface area contributed by atoms with Gasteiger partial charge < -0.3 is 4.57 Å². The lowest BCUT2D eigenvalue weighted by molar-refractivity contribution is 0.953. The fourth-order valence-corrected chi connectivity index (χ4v) is 8.15. The summed E-state index contributed by atoms with van der Waals surface area (Å²) in [5.41, 5.74) is 12.1. The average molecular weight is 716 g/mol. The third-order valence-corrected chi connectivity index (χ3v) is 10.8. The molecule has 11 aromatic rings. The van der Waals surface area contributed by atoms with Gasteiger partial charge in [0.2, 0.25) is 5.95 Å². The number of aromatic nitrogens is 5. The summed E-state index contributed by atoms with van der Waals surface area (Å²) < 4.78 is 4.58. The molecule has 0 aliphatic heterocycles. The first-order valence-electron chi connectivity index (χ1n) is 18.9. The lowest BCUT2D eigenvalue weighted by Gasteiger charge is -2.12. The van der Waals surface area contributed by atoms with Crippen LogP contribution in [0.15, 0.2) is 200 Å². The molecule has 5 nitrogen and oxygen atoms in total. The summed E-state index contributed by atoms with van der Waals surface area (Å²) in [5, 5.41) is 4.74. The predicted molar refractivity (Wildman–Crippen MR) is 230 cm³/mol. The number of fused-ring (bicyclic) bond motifs is 6. The van der Waals surface area contributed by atoms with E-state index in [4.69, 9.17) is 15.0 Å². The number of nitrogens with zero attached hydrogens (tertiary/aromatic N) is 5. The van der Waals surface area contributed by atoms with Gasteiger partial charge in [0.25, 0.3) is 0 Å². The van der Waals surface area contributed by atoms with Gasteiger partial charge in [-0.05, 0) is 64.7 Å². The van der Waals surface area contributed by atoms with Gasteiger partial charge in [0, 0.05) is 38.4 Å². The lowest BCUT2D eigenvalue weighted by atomic mass is 10.0. The Morgan fingerprint density at radius 3 is 1.43 bits per heavy atom. The van der Waals surface area contributed by atoms with Crippen LogP contribution in [0.2, 0.25) is 0 Å². The maximum Gasteiger partial charge on any atom is 0.238 e. The van der Waals surface area contributed by atoms with Gasteiger partial charge in [-0.3, -0.25) is 4.57 Å². The van der Waals surface area contributed by atoms with Crippen molar-refractivity contribution in [1.82, 2.24) is 24.1 Å². The quantitative estimate of drug-likeness (QED) is 0.172. The molecule has 0 fully saturated rings. The first-order valence-corrected chi connectivity index (χ1v) is 18.9. The fourth-order valence-electron chi connectivity index (χ4n) is 8.15. The monoisotopic (exact) mass is 715 g/mol. The molecule has 0 N–H and O–H groups in total. The van der Waals surface area contributed by atoms with E-state index in [0.717, 1.165) is 49.7 Å². The van der Waals surface area contributed by atoms with Crippen LogP contribution in [0, 0.1) is 0 Å². The fraction of sp³-hybridized carbons (Fsp3) is 0. The molecule has 0 aliphatic rings. The van der Waals surface area contributed by atoms with Crippen molar-refractivity contribution in [3.8, 4) is 56.7 Å². The number of rotatable bonds is 6. The van der Waals surface area contributed by atoms with E-state index in [2.05, 4.69) is 149 Å². The Kier molecular flexibility index (Phi) is 7.42. The Morgan fingerprint density at radius 1 is 0.268 bits per heavy atom. The summed E-state index contributed by atoms with van der Waals surface area (Å²) in [7, 11) is 0. The number of hydrogen-bond acceptors (Lipinski definition) is 3. The molecule has 0 radical (unpaired) electrons. The third kappa shape index (κ3) is 5.29. The van der Waals surface area contributed by atoms with E-state index in [-0.39, 0.29) is 0 Å². The van der Waals surface area contributed by atoms with Crippen molar-refractivity contribution >= 4 is 43.6 Å². The van der Waals surface area contributed by atoms with E-state index in [9.17, 15) is 0 Å². The minimum Gasteiger partial charge on any atom is -0.309 e. The number of benzene rings is 8. The molecule has 0 atom stereocenters. The highest BCUT2D eigenvalue weighted by atomic mass is 15.2. The topological polar surface area (TPSA) is 48.5 Å². The molecule has 8 aromatic carbocycles. The van der Waals surface area contributed by atoms with Gasteiger partial charge in [-0.15, -0.1) is 0 Å². The van der Waals surface area contributed by atoms with Crippen molar-refractivity contribution in [2.75, 3.05) is 0 Å². The van der Waals surface area contributed by atoms with Gasteiger partial charge in [-0.1, -0.05) is 158 Å². The lowest BCUT2D eigenvalue weighted by Crippen LogP contribution is -2.06. The van der Waals surface area contributed by atoms with Gasteiger partial charge in [0.1, 0.15) is 0 Å². The third-order valence-electron chi connectivity index (χ3n) is 10.8. The maximum atomic E-state index is 5.11. The number of para-hydroxylation sites is 2. The molecule has 0 spiro atoms. The van der Waals surface area contributed by atoms with Crippen molar-refractivity contribution < 1.29 is 0 Å². The van der Waals surface area contributed by atoms with E-state index in [1.807, 2.05) is 60.7 Å². The number of hydrogen-bond donors (Lipinski definition) is 0. The van der Waals surface area contributed by atoms with Crippen LogP contribution in [-0.2, 0) is 0 Å². The van der Waals surface area contributed by atoms with Gasteiger partial charge in [0.05, 0.1) is 22.1 Å². The highest BCUT2D eigenvalue weighted by molar-refractivity contribution is 6.12. The molecule has 0 saturated heterocycles. The first kappa shape index (κ1) is 31.9. The highest BCUT2D eigenvalue weighted by Crippen LogP contribution is 2.38. The highest BCUT2D eigenvalue weighted by Gasteiger charge is 2.19. The molecule has 0 bridgehead atoms. The van der Waals surface area contributed by atoms with Crippen molar-refractivity contribution in [2.45, 2.75) is 0 Å². The van der Waals surface area contributed by atoms with E-state index >= 15 is 0 Å². The second-order valence-corrected chi connectivity index (χ2v) is 14.1. The molecule has 262 valence electrons. The summed E-state index contributed by atoms with van der Waals surface area (Å²) in [6.07, 6.45) is 0. The molecule has 3 aromatic heterocycles. The summed E-state index contributed by atoms with van der Waals surface area (Å²) in [6, 6.07) is 70.5. The van der Waals surface area contributed by atoms with E-state index in [1.165, 1.54) is 32.9 Å². The van der Waals surface area contributed by atoms with Gasteiger partial charge in [-0.2, -0.15) is 9.97 Å². The zero-order valence-corrected chi connectivity index (χ0v) is 30.3. The van der Waals surface area contributed by atoms with Crippen molar-refractivity contribution in [3.05, 3.63) is 200 Å². The normalized spacial score (nSPS) is 11.6. The van der Waals surface area contributed by atoms with Crippen LogP contribution in [0.5, 0.6) is 0 Å². The summed E-state index contributed by atoms with van der Waals surface area (Å²) in [4.78, 5) is 15.2. The largest absolute Gasteiger partial charge is 0.309 e. The van der Waals surface area contributed by atoms with Crippen LogP contribution in [0.25, 0.3) is 100 Å². The average Bonchev–Trinajstić information content (AvgIpc) is 3.79. The second kappa shape index (κ2) is 13.0. The van der Waals surface area contributed by atoms with E-state index in [1.54, 1.807) is 0 Å². The van der Waals surface area contributed by atoms with Crippen molar-refractivity contribution in [2.24, 2.45) is 0 Å². The Morgan fingerprint density at radius 2 is 0.750 bits per heavy atom. The molecule has 0 saturated carbocycles. The van der Waals surface area contributed by atoms with Crippen LogP contribution < -0.4 is 0 Å². The van der Waals surface area contributed by atoms with Crippen LogP contribution in [-0.4, -0.2) is 24.1 Å². The Labute approximate surface area is 323 Å². The van der Waals surface area contributed by atoms with Crippen LogP contribution in [0.1, 0.15) is 0 Å². The summed E-state index contributed by atoms with van der Waals surface area (Å²) in [6.45, 7) is 0.